The van der Waals surface area contributed by atoms with E-state index in [9.17, 15) is 18.0 Å². The van der Waals surface area contributed by atoms with E-state index in [1.165, 1.54) is 18.2 Å². The highest BCUT2D eigenvalue weighted by Gasteiger charge is 2.33. The van der Waals surface area contributed by atoms with Gasteiger partial charge in [-0.25, -0.2) is 0 Å². The molecular formula is C13H17F3N2O. The fourth-order valence-electron chi connectivity index (χ4n) is 1.75. The predicted molar refractivity (Wildman–Crippen MR) is 67.6 cm³/mol. The van der Waals surface area contributed by atoms with Crippen LogP contribution in [0.15, 0.2) is 24.3 Å². The lowest BCUT2D eigenvalue weighted by Crippen LogP contribution is -2.27. The molecule has 3 N–H and O–H groups in total. The van der Waals surface area contributed by atoms with Gasteiger partial charge in [-0.2, -0.15) is 13.2 Å². The molecule has 106 valence electrons. The Morgan fingerprint density at radius 1 is 1.37 bits per heavy atom. The highest BCUT2D eigenvalue weighted by atomic mass is 19.4. The molecule has 0 saturated heterocycles. The van der Waals surface area contributed by atoms with Crippen molar-refractivity contribution in [3.63, 3.8) is 0 Å². The number of benzene rings is 1. The topological polar surface area (TPSA) is 55.1 Å². The van der Waals surface area contributed by atoms with Crippen LogP contribution in [0, 0.1) is 0 Å². The third-order valence-electron chi connectivity index (χ3n) is 2.61. The molecule has 1 atom stereocenters. The molecule has 0 spiro atoms. The van der Waals surface area contributed by atoms with Gasteiger partial charge in [0.1, 0.15) is 0 Å². The van der Waals surface area contributed by atoms with Crippen LogP contribution in [0.3, 0.4) is 0 Å². The van der Waals surface area contributed by atoms with E-state index in [1.54, 1.807) is 0 Å². The average Bonchev–Trinajstić information content (AvgIpc) is 2.28. The molecule has 0 aliphatic heterocycles. The van der Waals surface area contributed by atoms with Crippen molar-refractivity contribution in [3.8, 4) is 0 Å². The first-order valence-corrected chi connectivity index (χ1v) is 6.06. The van der Waals surface area contributed by atoms with Crippen molar-refractivity contribution >= 4 is 11.6 Å². The lowest BCUT2D eigenvalue weighted by molar-refractivity contribution is -0.137. The number of carbonyl (C=O) groups is 1. The van der Waals surface area contributed by atoms with E-state index < -0.39 is 17.6 Å². The molecule has 1 aromatic carbocycles. The molecule has 3 nitrogen and oxygen atoms in total. The van der Waals surface area contributed by atoms with Crippen LogP contribution in [0.4, 0.5) is 18.9 Å². The molecule has 0 fully saturated rings. The van der Waals surface area contributed by atoms with E-state index in [0.29, 0.717) is 6.42 Å². The molecule has 1 amide bonds. The first-order valence-electron chi connectivity index (χ1n) is 6.06. The quantitative estimate of drug-likeness (QED) is 0.866. The van der Waals surface area contributed by atoms with E-state index in [-0.39, 0.29) is 18.2 Å². The van der Waals surface area contributed by atoms with Gasteiger partial charge in [0.05, 0.1) is 11.3 Å². The summed E-state index contributed by atoms with van der Waals surface area (Å²) in [4.78, 5) is 11.6. The molecule has 1 aromatic rings. The maximum absolute atomic E-state index is 12.7. The molecule has 19 heavy (non-hydrogen) atoms. The van der Waals surface area contributed by atoms with Gasteiger partial charge in [0, 0.05) is 12.5 Å². The van der Waals surface area contributed by atoms with Crippen molar-refractivity contribution in [1.29, 1.82) is 0 Å². The number of anilines is 1. The van der Waals surface area contributed by atoms with Crippen LogP contribution in [-0.4, -0.2) is 11.9 Å². The zero-order valence-electron chi connectivity index (χ0n) is 10.6. The fraction of sp³-hybridized carbons (Fsp3) is 0.462. The SMILES string of the molecule is CCCC(N)CC(=O)Nc1ccccc1C(F)(F)F. The van der Waals surface area contributed by atoms with Gasteiger partial charge in [-0.15, -0.1) is 0 Å². The summed E-state index contributed by atoms with van der Waals surface area (Å²) in [6, 6.07) is 4.55. The van der Waals surface area contributed by atoms with Crippen molar-refractivity contribution in [2.75, 3.05) is 5.32 Å². The molecular weight excluding hydrogens is 257 g/mol. The van der Waals surface area contributed by atoms with Crippen molar-refractivity contribution < 1.29 is 18.0 Å². The molecule has 6 heteroatoms. The molecule has 0 saturated carbocycles. The van der Waals surface area contributed by atoms with Crippen LogP contribution in [0.2, 0.25) is 0 Å². The Balaban J connectivity index is 2.75. The van der Waals surface area contributed by atoms with Gasteiger partial charge in [0.2, 0.25) is 5.91 Å². The number of rotatable bonds is 5. The smallest absolute Gasteiger partial charge is 0.327 e. The van der Waals surface area contributed by atoms with E-state index in [1.807, 2.05) is 6.92 Å². The van der Waals surface area contributed by atoms with E-state index in [4.69, 9.17) is 5.73 Å². The molecule has 1 unspecified atom stereocenters. The summed E-state index contributed by atoms with van der Waals surface area (Å²) in [5.41, 5.74) is 4.59. The second-order valence-corrected chi connectivity index (χ2v) is 4.34. The number of carbonyl (C=O) groups excluding carboxylic acids is 1. The van der Waals surface area contributed by atoms with Gasteiger partial charge < -0.3 is 11.1 Å². The van der Waals surface area contributed by atoms with Crippen LogP contribution < -0.4 is 11.1 Å². The van der Waals surface area contributed by atoms with Gasteiger partial charge in [-0.3, -0.25) is 4.79 Å². The highest BCUT2D eigenvalue weighted by Crippen LogP contribution is 2.34. The largest absolute Gasteiger partial charge is 0.418 e. The van der Waals surface area contributed by atoms with Crippen molar-refractivity contribution in [2.45, 2.75) is 38.4 Å². The maximum Gasteiger partial charge on any atom is 0.418 e. The predicted octanol–water partition coefficient (Wildman–Crippen LogP) is 3.16. The van der Waals surface area contributed by atoms with E-state index >= 15 is 0 Å². The zero-order valence-corrected chi connectivity index (χ0v) is 10.6. The van der Waals surface area contributed by atoms with Crippen LogP contribution >= 0.6 is 0 Å². The lowest BCUT2D eigenvalue weighted by atomic mass is 10.1. The zero-order chi connectivity index (χ0) is 14.5. The molecule has 1 rings (SSSR count). The highest BCUT2D eigenvalue weighted by molar-refractivity contribution is 5.92. The Bertz CT molecular complexity index is 432. The first kappa shape index (κ1) is 15.5. The molecule has 0 heterocycles. The van der Waals surface area contributed by atoms with Gasteiger partial charge >= 0.3 is 6.18 Å². The Kier molecular flexibility index (Phi) is 5.35. The third kappa shape index (κ3) is 4.90. The molecule has 0 aromatic heterocycles. The van der Waals surface area contributed by atoms with Crippen LogP contribution in [0.1, 0.15) is 31.7 Å². The Morgan fingerprint density at radius 3 is 2.58 bits per heavy atom. The second-order valence-electron chi connectivity index (χ2n) is 4.34. The molecule has 0 bridgehead atoms. The summed E-state index contributed by atoms with van der Waals surface area (Å²) in [5, 5.41) is 2.27. The Hall–Kier alpha value is -1.56. The Morgan fingerprint density at radius 2 is 2.00 bits per heavy atom. The van der Waals surface area contributed by atoms with Crippen molar-refractivity contribution in [2.24, 2.45) is 5.73 Å². The maximum atomic E-state index is 12.7. The average molecular weight is 274 g/mol. The van der Waals surface area contributed by atoms with Gasteiger partial charge in [-0.1, -0.05) is 25.5 Å². The number of hydrogen-bond donors (Lipinski definition) is 2. The minimum atomic E-state index is -4.49. The first-order chi connectivity index (χ1) is 8.84. The van der Waals surface area contributed by atoms with E-state index in [2.05, 4.69) is 5.32 Å². The number of nitrogens with two attached hydrogens (primary N) is 1. The van der Waals surface area contributed by atoms with E-state index in [0.717, 1.165) is 12.5 Å². The monoisotopic (exact) mass is 274 g/mol. The standard InChI is InChI=1S/C13H17F3N2O/c1-2-5-9(17)8-12(19)18-11-7-4-3-6-10(11)13(14,15)16/h3-4,6-7,9H,2,5,8,17H2,1H3,(H,18,19). The third-order valence-corrected chi connectivity index (χ3v) is 2.61. The Labute approximate surface area is 110 Å². The molecule has 0 aliphatic carbocycles. The normalized spacial score (nSPS) is 13.1. The van der Waals surface area contributed by atoms with Gasteiger partial charge in [0.15, 0.2) is 0 Å². The summed E-state index contributed by atoms with van der Waals surface area (Å²) in [6.07, 6.45) is -2.99. The number of nitrogens with one attached hydrogen (secondary N) is 1. The van der Waals surface area contributed by atoms with Crippen molar-refractivity contribution in [3.05, 3.63) is 29.8 Å². The lowest BCUT2D eigenvalue weighted by Gasteiger charge is -2.15. The number of hydrogen-bond acceptors (Lipinski definition) is 2. The number of alkyl halides is 3. The van der Waals surface area contributed by atoms with Crippen LogP contribution in [0.5, 0.6) is 0 Å². The number of halogens is 3. The summed E-state index contributed by atoms with van der Waals surface area (Å²) >= 11 is 0. The summed E-state index contributed by atoms with van der Waals surface area (Å²) < 4.78 is 38.1. The molecule has 0 aliphatic rings. The summed E-state index contributed by atoms with van der Waals surface area (Å²) in [7, 11) is 0. The van der Waals surface area contributed by atoms with Gasteiger partial charge in [-0.05, 0) is 18.6 Å². The van der Waals surface area contributed by atoms with Gasteiger partial charge in [0.25, 0.3) is 0 Å². The fourth-order valence-corrected chi connectivity index (χ4v) is 1.75. The minimum Gasteiger partial charge on any atom is -0.327 e. The molecule has 0 radical (unpaired) electrons. The summed E-state index contributed by atoms with van der Waals surface area (Å²) in [5.74, 6) is -0.502. The number of para-hydroxylation sites is 1. The minimum absolute atomic E-state index is 0.0139. The van der Waals surface area contributed by atoms with Crippen molar-refractivity contribution in [1.82, 2.24) is 0 Å². The van der Waals surface area contributed by atoms with Crippen LogP contribution in [0.25, 0.3) is 0 Å². The summed E-state index contributed by atoms with van der Waals surface area (Å²) in [6.45, 7) is 1.93. The number of amides is 1. The second kappa shape index (κ2) is 6.56. The van der Waals surface area contributed by atoms with Crippen LogP contribution in [-0.2, 0) is 11.0 Å².